The van der Waals surface area contributed by atoms with E-state index >= 15 is 0 Å². The summed E-state index contributed by atoms with van der Waals surface area (Å²) >= 11 is 0. The fraction of sp³-hybridized carbons (Fsp3) is 0.500. The van der Waals surface area contributed by atoms with E-state index < -0.39 is 0 Å². The van der Waals surface area contributed by atoms with Crippen LogP contribution < -0.4 is 5.73 Å². The van der Waals surface area contributed by atoms with Gasteiger partial charge in [0, 0.05) is 24.8 Å². The van der Waals surface area contributed by atoms with Crippen LogP contribution in [-0.4, -0.2) is 51.5 Å². The maximum atomic E-state index is 9.36. The van der Waals surface area contributed by atoms with Crippen LogP contribution >= 0.6 is 0 Å². The van der Waals surface area contributed by atoms with Crippen LogP contribution in [0.25, 0.3) is 22.2 Å². The summed E-state index contributed by atoms with van der Waals surface area (Å²) in [5.41, 5.74) is 11.3. The Morgan fingerprint density at radius 1 is 1.37 bits per heavy atom. The van der Waals surface area contributed by atoms with Gasteiger partial charge in [-0.15, -0.1) is 0 Å². The summed E-state index contributed by atoms with van der Waals surface area (Å²) in [5.74, 6) is 1.66. The summed E-state index contributed by atoms with van der Waals surface area (Å²) in [4.78, 5) is 7.22. The molecule has 3 heterocycles. The molecular weight excluding hydrogens is 342 g/mol. The molecule has 0 radical (unpaired) electrons. The van der Waals surface area contributed by atoms with E-state index in [4.69, 9.17) is 15.2 Å². The summed E-state index contributed by atoms with van der Waals surface area (Å²) in [6.07, 6.45) is 1.58. The highest BCUT2D eigenvalue weighted by atomic mass is 16.5. The van der Waals surface area contributed by atoms with Crippen molar-refractivity contribution < 1.29 is 9.63 Å². The van der Waals surface area contributed by atoms with Crippen LogP contribution in [0.5, 0.6) is 0 Å². The Morgan fingerprint density at radius 2 is 2.19 bits per heavy atom. The highest BCUT2D eigenvalue weighted by molar-refractivity contribution is 5.84. The van der Waals surface area contributed by atoms with Gasteiger partial charge in [0.05, 0.1) is 22.8 Å². The van der Waals surface area contributed by atoms with Gasteiger partial charge < -0.3 is 24.8 Å². The predicted octanol–water partition coefficient (Wildman–Crippen LogP) is 2.57. The van der Waals surface area contributed by atoms with Gasteiger partial charge >= 0.3 is 0 Å². The average Bonchev–Trinajstić information content (AvgIpc) is 3.31. The van der Waals surface area contributed by atoms with Crippen molar-refractivity contribution in [3.8, 4) is 11.1 Å². The van der Waals surface area contributed by atoms with Gasteiger partial charge in [-0.2, -0.15) is 0 Å². The van der Waals surface area contributed by atoms with Gasteiger partial charge in [-0.1, -0.05) is 11.2 Å². The van der Waals surface area contributed by atoms with Crippen molar-refractivity contribution in [3.63, 3.8) is 0 Å². The Balaban J connectivity index is 1.85. The zero-order valence-electron chi connectivity index (χ0n) is 16.1. The lowest BCUT2D eigenvalue weighted by Gasteiger charge is -2.20. The maximum absolute atomic E-state index is 9.36. The lowest BCUT2D eigenvalue weighted by atomic mass is 10.0. The molecule has 0 amide bonds. The molecule has 1 aliphatic rings. The number of likely N-dealkylation sites (N-methyl/N-ethyl adjacent to an activating group) is 1. The zero-order chi connectivity index (χ0) is 19.1. The van der Waals surface area contributed by atoms with Crippen LogP contribution in [0.15, 0.2) is 22.7 Å². The monoisotopic (exact) mass is 369 g/mol. The zero-order valence-corrected chi connectivity index (χ0v) is 16.1. The number of aliphatic hydroxyl groups is 1. The number of aromatic nitrogens is 3. The van der Waals surface area contributed by atoms with E-state index in [-0.39, 0.29) is 12.6 Å². The second-order valence-electron chi connectivity index (χ2n) is 7.57. The number of fused-ring (bicyclic) bond motifs is 1. The number of aryl methyl sites for hydroxylation is 2. The van der Waals surface area contributed by atoms with E-state index in [2.05, 4.69) is 39.9 Å². The molecular formula is C20H27N5O2. The number of hydrogen-bond donors (Lipinski definition) is 2. The first-order chi connectivity index (χ1) is 13.0. The second-order valence-corrected chi connectivity index (χ2v) is 7.57. The largest absolute Gasteiger partial charge is 0.396 e. The van der Waals surface area contributed by atoms with Gasteiger partial charge in [0.25, 0.3) is 0 Å². The number of rotatable bonds is 5. The number of imidazole rings is 1. The molecule has 1 fully saturated rings. The minimum absolute atomic E-state index is 0.0548. The number of aliphatic hydroxyl groups excluding tert-OH is 1. The van der Waals surface area contributed by atoms with Crippen LogP contribution in [0.3, 0.4) is 0 Å². The third-order valence-corrected chi connectivity index (χ3v) is 5.54. The van der Waals surface area contributed by atoms with E-state index in [0.29, 0.717) is 12.5 Å². The predicted molar refractivity (Wildman–Crippen MR) is 104 cm³/mol. The molecule has 7 nitrogen and oxygen atoms in total. The van der Waals surface area contributed by atoms with Gasteiger partial charge in [-0.25, -0.2) is 4.98 Å². The van der Waals surface area contributed by atoms with Crippen LogP contribution in [0.4, 0.5) is 0 Å². The van der Waals surface area contributed by atoms with Crippen molar-refractivity contribution in [2.24, 2.45) is 5.73 Å². The van der Waals surface area contributed by atoms with Gasteiger partial charge in [-0.3, -0.25) is 0 Å². The molecule has 144 valence electrons. The van der Waals surface area contributed by atoms with Crippen LogP contribution in [0, 0.1) is 13.8 Å². The summed E-state index contributed by atoms with van der Waals surface area (Å²) in [6.45, 7) is 5.98. The molecule has 1 aromatic carbocycles. The summed E-state index contributed by atoms with van der Waals surface area (Å²) in [5, 5.41) is 13.4. The number of likely N-dealkylation sites (tertiary alicyclic amines) is 1. The van der Waals surface area contributed by atoms with Crippen LogP contribution in [-0.2, 0) is 0 Å². The smallest absolute Gasteiger partial charge is 0.141 e. The molecule has 3 N–H and O–H groups in total. The van der Waals surface area contributed by atoms with Crippen molar-refractivity contribution in [1.82, 2.24) is 19.6 Å². The molecule has 1 saturated heterocycles. The molecule has 0 saturated carbocycles. The first-order valence-electron chi connectivity index (χ1n) is 9.49. The summed E-state index contributed by atoms with van der Waals surface area (Å²) in [6, 6.07) is 6.39. The van der Waals surface area contributed by atoms with Crippen molar-refractivity contribution in [3.05, 3.63) is 35.5 Å². The minimum Gasteiger partial charge on any atom is -0.396 e. The van der Waals surface area contributed by atoms with Crippen molar-refractivity contribution >= 4 is 11.0 Å². The molecule has 0 spiro atoms. The lowest BCUT2D eigenvalue weighted by molar-refractivity contribution is 0.272. The first kappa shape index (κ1) is 18.2. The molecule has 4 rings (SSSR count). The Labute approximate surface area is 158 Å². The second kappa shape index (κ2) is 7.07. The van der Waals surface area contributed by atoms with Crippen molar-refractivity contribution in [2.75, 3.05) is 26.7 Å². The molecule has 0 bridgehead atoms. The van der Waals surface area contributed by atoms with Crippen molar-refractivity contribution in [2.45, 2.75) is 38.8 Å². The SMILES string of the molecule is Cc1noc(C)c1-c1ccc2c(c1)nc(C(N)CCO)n2C1CCN(C)C1. The fourth-order valence-electron chi connectivity index (χ4n) is 4.20. The number of benzene rings is 1. The third-order valence-electron chi connectivity index (χ3n) is 5.54. The summed E-state index contributed by atoms with van der Waals surface area (Å²) in [7, 11) is 2.14. The van der Waals surface area contributed by atoms with Crippen molar-refractivity contribution in [1.29, 1.82) is 0 Å². The fourth-order valence-corrected chi connectivity index (χ4v) is 4.20. The number of nitrogens with zero attached hydrogens (tertiary/aromatic N) is 4. The lowest BCUT2D eigenvalue weighted by Crippen LogP contribution is -2.22. The number of hydrogen-bond acceptors (Lipinski definition) is 6. The van der Waals surface area contributed by atoms with E-state index in [9.17, 15) is 5.11 Å². The van der Waals surface area contributed by atoms with E-state index in [1.54, 1.807) is 0 Å². The quantitative estimate of drug-likeness (QED) is 0.718. The van der Waals surface area contributed by atoms with E-state index in [1.807, 2.05) is 13.8 Å². The maximum Gasteiger partial charge on any atom is 0.141 e. The van der Waals surface area contributed by atoms with E-state index in [0.717, 1.165) is 58.9 Å². The highest BCUT2D eigenvalue weighted by Gasteiger charge is 2.27. The summed E-state index contributed by atoms with van der Waals surface area (Å²) < 4.78 is 7.61. The standard InChI is InChI=1S/C20H27N5O2/c1-12-19(13(2)27-23-12)14-4-5-18-17(10-14)22-20(16(21)7-9-26)25(18)15-6-8-24(3)11-15/h4-5,10,15-16,26H,6-9,11,21H2,1-3H3. The average molecular weight is 369 g/mol. The Kier molecular flexibility index (Phi) is 4.75. The molecule has 1 aliphatic heterocycles. The molecule has 3 aromatic rings. The topological polar surface area (TPSA) is 93.3 Å². The van der Waals surface area contributed by atoms with E-state index in [1.165, 1.54) is 0 Å². The molecule has 2 unspecified atom stereocenters. The van der Waals surface area contributed by atoms with Crippen LogP contribution in [0.1, 0.15) is 42.2 Å². The molecule has 2 atom stereocenters. The van der Waals surface area contributed by atoms with Gasteiger partial charge in [-0.05, 0) is 58.0 Å². The molecule has 7 heteroatoms. The Bertz CT molecular complexity index is 941. The Morgan fingerprint density at radius 3 is 2.81 bits per heavy atom. The minimum atomic E-state index is -0.282. The van der Waals surface area contributed by atoms with Gasteiger partial charge in [0.15, 0.2) is 0 Å². The van der Waals surface area contributed by atoms with Gasteiger partial charge in [0.1, 0.15) is 11.6 Å². The van der Waals surface area contributed by atoms with Gasteiger partial charge in [0.2, 0.25) is 0 Å². The molecule has 0 aliphatic carbocycles. The first-order valence-corrected chi connectivity index (χ1v) is 9.49. The highest BCUT2D eigenvalue weighted by Crippen LogP contribution is 2.34. The Hall–Kier alpha value is -2.22. The molecule has 27 heavy (non-hydrogen) atoms. The van der Waals surface area contributed by atoms with Crippen LogP contribution in [0.2, 0.25) is 0 Å². The molecule has 2 aromatic heterocycles. The number of nitrogens with two attached hydrogens (primary N) is 1. The normalized spacial score (nSPS) is 19.2. The third kappa shape index (κ3) is 3.16.